The normalized spacial score (nSPS) is 31.5. The zero-order valence-electron chi connectivity index (χ0n) is 12.5. The molecular weight excluding hydrogens is 328 g/mol. The minimum Gasteiger partial charge on any atom is -0.273 e. The van der Waals surface area contributed by atoms with Gasteiger partial charge >= 0.3 is 0 Å². The average molecular weight is 349 g/mol. The van der Waals surface area contributed by atoms with Gasteiger partial charge in [-0.3, -0.25) is 4.79 Å². The van der Waals surface area contributed by atoms with Gasteiger partial charge in [0.2, 0.25) is 5.91 Å². The summed E-state index contributed by atoms with van der Waals surface area (Å²) in [5.41, 5.74) is 4.88. The number of carbonyl (C=O) groups excluding carboxylic acids is 1. The Labute approximate surface area is 134 Å². The number of fused-ring (bicyclic) bond motifs is 1. The SMILES string of the molecule is C/C(=N\NC(=O)[C@H]1[C@@H]2CCCC[C@@]21C)c1ccc(Br)cc1. The van der Waals surface area contributed by atoms with E-state index in [0.717, 1.165) is 15.7 Å². The van der Waals surface area contributed by atoms with Gasteiger partial charge in [0.25, 0.3) is 0 Å². The maximum absolute atomic E-state index is 12.3. The van der Waals surface area contributed by atoms with Crippen molar-refractivity contribution in [2.75, 3.05) is 0 Å². The Kier molecular flexibility index (Phi) is 3.91. The Morgan fingerprint density at radius 1 is 1.33 bits per heavy atom. The second-order valence-corrected chi connectivity index (χ2v) is 7.43. The second-order valence-electron chi connectivity index (χ2n) is 6.52. The summed E-state index contributed by atoms with van der Waals surface area (Å²) in [6.07, 6.45) is 4.92. The third-order valence-electron chi connectivity index (χ3n) is 5.21. The number of amides is 1. The highest BCUT2D eigenvalue weighted by Gasteiger charge is 2.64. The van der Waals surface area contributed by atoms with E-state index in [4.69, 9.17) is 0 Å². The quantitative estimate of drug-likeness (QED) is 0.647. The van der Waals surface area contributed by atoms with Crippen LogP contribution in [-0.2, 0) is 4.79 Å². The molecular formula is C17H21BrN2O. The van der Waals surface area contributed by atoms with Crippen LogP contribution < -0.4 is 5.43 Å². The molecule has 1 N–H and O–H groups in total. The Balaban J connectivity index is 1.63. The number of rotatable bonds is 3. The molecule has 2 fully saturated rings. The molecule has 0 aromatic heterocycles. The molecule has 2 aliphatic carbocycles. The largest absolute Gasteiger partial charge is 0.273 e. The lowest BCUT2D eigenvalue weighted by Gasteiger charge is -2.15. The van der Waals surface area contributed by atoms with Crippen molar-refractivity contribution >= 4 is 27.5 Å². The highest BCUT2D eigenvalue weighted by molar-refractivity contribution is 9.10. The Bertz CT molecular complexity index is 581. The molecule has 1 aromatic carbocycles. The predicted octanol–water partition coefficient (Wildman–Crippen LogP) is 4.12. The van der Waals surface area contributed by atoms with E-state index >= 15 is 0 Å². The van der Waals surface area contributed by atoms with Crippen LogP contribution in [0.4, 0.5) is 0 Å². The molecule has 0 aliphatic heterocycles. The topological polar surface area (TPSA) is 41.5 Å². The van der Waals surface area contributed by atoms with Crippen molar-refractivity contribution in [1.29, 1.82) is 0 Å². The molecule has 3 nitrogen and oxygen atoms in total. The summed E-state index contributed by atoms with van der Waals surface area (Å²) in [5.74, 6) is 0.844. The van der Waals surface area contributed by atoms with Gasteiger partial charge in [0, 0.05) is 10.4 Å². The van der Waals surface area contributed by atoms with E-state index in [1.807, 2.05) is 31.2 Å². The standard InChI is InChI=1S/C17H21BrN2O/c1-11(12-6-8-13(18)9-7-12)19-20-16(21)15-14-5-3-4-10-17(14,15)2/h6-9,14-15H,3-5,10H2,1-2H3,(H,20,21)/b19-11+/t14-,15+,17-/m0/s1. The van der Waals surface area contributed by atoms with Crippen molar-refractivity contribution in [2.24, 2.45) is 22.4 Å². The fourth-order valence-corrected chi connectivity index (χ4v) is 4.08. The number of hydrazone groups is 1. The van der Waals surface area contributed by atoms with Crippen LogP contribution in [0.1, 0.15) is 45.1 Å². The molecule has 0 saturated heterocycles. The molecule has 0 unspecified atom stereocenters. The maximum atomic E-state index is 12.3. The first-order valence-corrected chi connectivity index (χ1v) is 8.42. The number of hydrogen-bond donors (Lipinski definition) is 1. The Hall–Kier alpha value is -1.16. The van der Waals surface area contributed by atoms with Gasteiger partial charge in [-0.25, -0.2) is 5.43 Å². The van der Waals surface area contributed by atoms with Crippen molar-refractivity contribution in [2.45, 2.75) is 39.5 Å². The zero-order valence-corrected chi connectivity index (χ0v) is 14.1. The van der Waals surface area contributed by atoms with E-state index in [1.54, 1.807) is 0 Å². The van der Waals surface area contributed by atoms with Crippen LogP contribution in [0.2, 0.25) is 0 Å². The number of carbonyl (C=O) groups is 1. The van der Waals surface area contributed by atoms with Crippen molar-refractivity contribution in [3.05, 3.63) is 34.3 Å². The number of halogens is 1. The predicted molar refractivity (Wildman–Crippen MR) is 88.1 cm³/mol. The molecule has 21 heavy (non-hydrogen) atoms. The first kappa shape index (κ1) is 14.8. The lowest BCUT2D eigenvalue weighted by Crippen LogP contribution is -2.23. The van der Waals surface area contributed by atoms with E-state index in [0.29, 0.717) is 5.92 Å². The van der Waals surface area contributed by atoms with Crippen molar-refractivity contribution < 1.29 is 4.79 Å². The summed E-state index contributed by atoms with van der Waals surface area (Å²) in [7, 11) is 0. The van der Waals surface area contributed by atoms with Crippen molar-refractivity contribution in [1.82, 2.24) is 5.43 Å². The zero-order chi connectivity index (χ0) is 15.0. The van der Waals surface area contributed by atoms with E-state index in [9.17, 15) is 4.79 Å². The summed E-state index contributed by atoms with van der Waals surface area (Å²) in [5, 5.41) is 4.28. The highest BCUT2D eigenvalue weighted by atomic mass is 79.9. The first-order valence-electron chi connectivity index (χ1n) is 7.62. The van der Waals surface area contributed by atoms with Gasteiger partial charge in [0.15, 0.2) is 0 Å². The molecule has 2 aliphatic rings. The van der Waals surface area contributed by atoms with Crippen LogP contribution in [0.15, 0.2) is 33.8 Å². The van der Waals surface area contributed by atoms with Gasteiger partial charge in [-0.1, -0.05) is 47.8 Å². The smallest absolute Gasteiger partial charge is 0.244 e. The molecule has 1 amide bonds. The maximum Gasteiger partial charge on any atom is 0.244 e. The summed E-state index contributed by atoms with van der Waals surface area (Å²) in [6, 6.07) is 7.94. The van der Waals surface area contributed by atoms with Crippen molar-refractivity contribution in [3.8, 4) is 0 Å². The number of benzene rings is 1. The van der Waals surface area contributed by atoms with Crippen LogP contribution >= 0.6 is 15.9 Å². The minimum absolute atomic E-state index is 0.0980. The molecule has 2 saturated carbocycles. The van der Waals surface area contributed by atoms with Crippen LogP contribution in [0, 0.1) is 17.3 Å². The van der Waals surface area contributed by atoms with Gasteiger partial charge in [-0.2, -0.15) is 5.10 Å². The third-order valence-corrected chi connectivity index (χ3v) is 5.74. The summed E-state index contributed by atoms with van der Waals surface area (Å²) >= 11 is 3.42. The molecule has 1 aromatic rings. The second kappa shape index (κ2) is 5.56. The van der Waals surface area contributed by atoms with Gasteiger partial charge in [0.05, 0.1) is 5.71 Å². The summed E-state index contributed by atoms with van der Waals surface area (Å²) < 4.78 is 1.04. The van der Waals surface area contributed by atoms with Crippen molar-refractivity contribution in [3.63, 3.8) is 0 Å². The van der Waals surface area contributed by atoms with E-state index < -0.39 is 0 Å². The fourth-order valence-electron chi connectivity index (χ4n) is 3.81. The van der Waals surface area contributed by atoms with Gasteiger partial charge < -0.3 is 0 Å². The molecule has 3 rings (SSSR count). The van der Waals surface area contributed by atoms with Crippen LogP contribution in [-0.4, -0.2) is 11.6 Å². The monoisotopic (exact) mass is 348 g/mol. The van der Waals surface area contributed by atoms with Crippen LogP contribution in [0.5, 0.6) is 0 Å². The molecule has 0 radical (unpaired) electrons. The van der Waals surface area contributed by atoms with E-state index in [2.05, 4.69) is 33.4 Å². The molecule has 0 heterocycles. The first-order chi connectivity index (χ1) is 10.0. The summed E-state index contributed by atoms with van der Waals surface area (Å²) in [6.45, 7) is 4.18. The van der Waals surface area contributed by atoms with Gasteiger partial charge in [0.1, 0.15) is 0 Å². The number of hydrogen-bond acceptors (Lipinski definition) is 2. The lowest BCUT2D eigenvalue weighted by atomic mass is 9.90. The highest BCUT2D eigenvalue weighted by Crippen LogP contribution is 2.66. The van der Waals surface area contributed by atoms with Gasteiger partial charge in [-0.15, -0.1) is 0 Å². The average Bonchev–Trinajstić information content (AvgIpc) is 3.11. The van der Waals surface area contributed by atoms with E-state index in [1.165, 1.54) is 25.7 Å². The van der Waals surface area contributed by atoms with Crippen LogP contribution in [0.3, 0.4) is 0 Å². The number of nitrogens with zero attached hydrogens (tertiary/aromatic N) is 1. The molecule has 0 spiro atoms. The summed E-state index contributed by atoms with van der Waals surface area (Å²) in [4.78, 5) is 12.3. The van der Waals surface area contributed by atoms with E-state index in [-0.39, 0.29) is 17.2 Å². The van der Waals surface area contributed by atoms with Crippen LogP contribution in [0.25, 0.3) is 0 Å². The third kappa shape index (κ3) is 2.78. The molecule has 0 bridgehead atoms. The molecule has 112 valence electrons. The lowest BCUT2D eigenvalue weighted by molar-refractivity contribution is -0.123. The minimum atomic E-state index is 0.0980. The number of nitrogens with one attached hydrogen (secondary N) is 1. The van der Waals surface area contributed by atoms with Gasteiger partial charge in [-0.05, 0) is 48.8 Å². The molecule has 3 atom stereocenters. The Morgan fingerprint density at radius 3 is 2.67 bits per heavy atom. The fraction of sp³-hybridized carbons (Fsp3) is 0.529. The Morgan fingerprint density at radius 2 is 2.05 bits per heavy atom. The molecule has 4 heteroatoms.